The van der Waals surface area contributed by atoms with E-state index in [0.29, 0.717) is 28.8 Å². The van der Waals surface area contributed by atoms with E-state index in [9.17, 15) is 9.59 Å². The summed E-state index contributed by atoms with van der Waals surface area (Å²) >= 11 is 1.33. The molecule has 35 heavy (non-hydrogen) atoms. The van der Waals surface area contributed by atoms with Crippen LogP contribution in [0.4, 0.5) is 5.69 Å². The first-order valence-electron chi connectivity index (χ1n) is 11.6. The maximum absolute atomic E-state index is 12.9. The number of nitrogens with zero attached hydrogens (tertiary/aromatic N) is 3. The van der Waals surface area contributed by atoms with Crippen LogP contribution < -0.4 is 15.4 Å². The number of carbonyl (C=O) groups is 2. The average molecular weight is 496 g/mol. The highest BCUT2D eigenvalue weighted by Crippen LogP contribution is 2.26. The summed E-state index contributed by atoms with van der Waals surface area (Å²) in [5.41, 5.74) is 3.43. The number of carbonyl (C=O) groups excluding carboxylic acids is 2. The molecule has 8 nitrogen and oxygen atoms in total. The number of benzene rings is 2. The summed E-state index contributed by atoms with van der Waals surface area (Å²) in [5.74, 6) is 1.35. The number of ether oxygens (including phenoxy) is 1. The summed E-state index contributed by atoms with van der Waals surface area (Å²) in [4.78, 5) is 25.5. The lowest BCUT2D eigenvalue weighted by Crippen LogP contribution is -2.33. The number of anilines is 1. The zero-order valence-electron chi connectivity index (χ0n) is 21.1. The summed E-state index contributed by atoms with van der Waals surface area (Å²) in [6.07, 6.45) is 0. The summed E-state index contributed by atoms with van der Waals surface area (Å²) < 4.78 is 7.13. The van der Waals surface area contributed by atoms with Crippen LogP contribution in [-0.4, -0.2) is 39.4 Å². The van der Waals surface area contributed by atoms with Crippen molar-refractivity contribution in [2.75, 3.05) is 18.2 Å². The van der Waals surface area contributed by atoms with Gasteiger partial charge in [-0.2, -0.15) is 0 Å². The van der Waals surface area contributed by atoms with Gasteiger partial charge in [0.05, 0.1) is 18.9 Å². The van der Waals surface area contributed by atoms with Crippen molar-refractivity contribution in [3.05, 3.63) is 65.0 Å². The van der Waals surface area contributed by atoms with Gasteiger partial charge in [0.2, 0.25) is 5.91 Å². The van der Waals surface area contributed by atoms with Crippen LogP contribution >= 0.6 is 11.8 Å². The van der Waals surface area contributed by atoms with E-state index in [2.05, 4.69) is 20.8 Å². The molecule has 186 valence electrons. The minimum Gasteiger partial charge on any atom is -0.497 e. The smallest absolute Gasteiger partial charge is 0.251 e. The normalized spacial score (nSPS) is 11.9. The lowest BCUT2D eigenvalue weighted by Gasteiger charge is -2.22. The summed E-state index contributed by atoms with van der Waals surface area (Å²) in [6, 6.07) is 12.6. The van der Waals surface area contributed by atoms with Crippen LogP contribution in [0.1, 0.15) is 54.1 Å². The molecule has 0 aliphatic rings. The highest BCUT2D eigenvalue weighted by molar-refractivity contribution is 7.99. The van der Waals surface area contributed by atoms with E-state index < -0.39 is 0 Å². The third-order valence-corrected chi connectivity index (χ3v) is 6.69. The Bertz CT molecular complexity index is 1150. The van der Waals surface area contributed by atoms with Gasteiger partial charge in [-0.3, -0.25) is 9.59 Å². The first-order chi connectivity index (χ1) is 16.7. The summed E-state index contributed by atoms with van der Waals surface area (Å²) in [5, 5.41) is 15.5. The molecule has 0 aliphatic carbocycles. The van der Waals surface area contributed by atoms with Crippen molar-refractivity contribution < 1.29 is 14.3 Å². The second kappa shape index (κ2) is 11.9. The van der Waals surface area contributed by atoms with Gasteiger partial charge in [0.25, 0.3) is 5.91 Å². The Morgan fingerprint density at radius 2 is 1.71 bits per heavy atom. The molecule has 0 unspecified atom stereocenters. The van der Waals surface area contributed by atoms with Crippen molar-refractivity contribution in [1.29, 1.82) is 0 Å². The molecule has 0 saturated heterocycles. The van der Waals surface area contributed by atoms with Crippen molar-refractivity contribution in [2.24, 2.45) is 5.92 Å². The molecule has 1 aromatic heterocycles. The predicted molar refractivity (Wildman–Crippen MR) is 139 cm³/mol. The molecule has 3 rings (SSSR count). The molecule has 0 spiro atoms. The van der Waals surface area contributed by atoms with Crippen molar-refractivity contribution in [3.8, 4) is 5.75 Å². The second-order valence-corrected chi connectivity index (χ2v) is 9.55. The highest BCUT2D eigenvalue weighted by atomic mass is 32.2. The number of para-hydroxylation sites is 1. The maximum atomic E-state index is 12.9. The lowest BCUT2D eigenvalue weighted by molar-refractivity contribution is -0.113. The van der Waals surface area contributed by atoms with E-state index in [1.165, 1.54) is 11.8 Å². The molecule has 2 aromatic carbocycles. The van der Waals surface area contributed by atoms with Crippen molar-refractivity contribution in [2.45, 2.75) is 52.4 Å². The number of hydrogen-bond donors (Lipinski definition) is 2. The van der Waals surface area contributed by atoms with Crippen LogP contribution in [0.2, 0.25) is 0 Å². The zero-order valence-corrected chi connectivity index (χ0v) is 21.9. The Labute approximate surface area is 210 Å². The van der Waals surface area contributed by atoms with Crippen LogP contribution in [0.15, 0.2) is 47.6 Å². The number of aryl methyl sites for hydroxylation is 2. The van der Waals surface area contributed by atoms with Gasteiger partial charge in [-0.1, -0.05) is 43.8 Å². The van der Waals surface area contributed by atoms with Crippen LogP contribution in [0.5, 0.6) is 5.75 Å². The molecule has 0 bridgehead atoms. The Hall–Kier alpha value is -3.33. The van der Waals surface area contributed by atoms with Crippen molar-refractivity contribution in [3.63, 3.8) is 0 Å². The van der Waals surface area contributed by atoms with Crippen LogP contribution in [0.25, 0.3) is 0 Å². The number of hydrogen-bond acceptors (Lipinski definition) is 6. The molecule has 0 radical (unpaired) electrons. The van der Waals surface area contributed by atoms with Gasteiger partial charge in [0.15, 0.2) is 11.0 Å². The number of methoxy groups -OCH3 is 1. The lowest BCUT2D eigenvalue weighted by atomic mass is 10.0. The zero-order chi connectivity index (χ0) is 25.5. The molecule has 0 fully saturated rings. The molecular weight excluding hydrogens is 462 g/mol. The molecule has 1 heterocycles. The van der Waals surface area contributed by atoms with E-state index in [0.717, 1.165) is 16.8 Å². The number of aromatic nitrogens is 3. The molecule has 2 amide bonds. The Morgan fingerprint density at radius 3 is 2.29 bits per heavy atom. The standard InChI is InChI=1S/C26H33N5O3S/c1-7-31-24(22(16(2)3)28-25(33)19-11-13-20(34-6)14-12-19)29-30-26(31)35-15-21(32)27-23-17(4)9-8-10-18(23)5/h8-14,16,22H,7,15H2,1-6H3,(H,27,32)(H,28,33)/t22-/m0/s1. The number of rotatable bonds is 10. The van der Waals surface area contributed by atoms with E-state index >= 15 is 0 Å². The molecule has 9 heteroatoms. The van der Waals surface area contributed by atoms with E-state index in [1.54, 1.807) is 31.4 Å². The second-order valence-electron chi connectivity index (χ2n) is 8.61. The third kappa shape index (κ3) is 6.42. The molecular formula is C26H33N5O3S. The van der Waals surface area contributed by atoms with Crippen molar-refractivity contribution in [1.82, 2.24) is 20.1 Å². The van der Waals surface area contributed by atoms with Crippen LogP contribution in [0, 0.1) is 19.8 Å². The van der Waals surface area contributed by atoms with Gasteiger partial charge < -0.3 is 19.9 Å². The fourth-order valence-corrected chi connectivity index (χ4v) is 4.56. The van der Waals surface area contributed by atoms with Gasteiger partial charge in [0.1, 0.15) is 5.75 Å². The van der Waals surface area contributed by atoms with E-state index in [1.807, 2.05) is 57.4 Å². The summed E-state index contributed by atoms with van der Waals surface area (Å²) in [7, 11) is 1.59. The van der Waals surface area contributed by atoms with Gasteiger partial charge in [0, 0.05) is 17.8 Å². The molecule has 1 atom stereocenters. The van der Waals surface area contributed by atoms with Crippen molar-refractivity contribution >= 4 is 29.3 Å². The fourth-order valence-electron chi connectivity index (χ4n) is 3.75. The van der Waals surface area contributed by atoms with Gasteiger partial charge in [-0.15, -0.1) is 10.2 Å². The number of nitrogens with one attached hydrogen (secondary N) is 2. The molecule has 0 aliphatic heterocycles. The van der Waals surface area contributed by atoms with Crippen LogP contribution in [0.3, 0.4) is 0 Å². The minimum absolute atomic E-state index is 0.0804. The molecule has 2 N–H and O–H groups in total. The van der Waals surface area contributed by atoms with E-state index in [-0.39, 0.29) is 29.5 Å². The molecule has 3 aromatic rings. The minimum atomic E-state index is -0.338. The fraction of sp³-hybridized carbons (Fsp3) is 0.385. The Kier molecular flexibility index (Phi) is 8.92. The monoisotopic (exact) mass is 495 g/mol. The van der Waals surface area contributed by atoms with E-state index in [4.69, 9.17) is 4.74 Å². The average Bonchev–Trinajstić information content (AvgIpc) is 3.25. The highest BCUT2D eigenvalue weighted by Gasteiger charge is 2.26. The van der Waals surface area contributed by atoms with Crippen LogP contribution in [-0.2, 0) is 11.3 Å². The maximum Gasteiger partial charge on any atom is 0.251 e. The summed E-state index contributed by atoms with van der Waals surface area (Å²) in [6.45, 7) is 10.6. The quantitative estimate of drug-likeness (QED) is 0.393. The topological polar surface area (TPSA) is 98.1 Å². The van der Waals surface area contributed by atoms with Gasteiger partial charge in [-0.25, -0.2) is 0 Å². The number of amides is 2. The first-order valence-corrected chi connectivity index (χ1v) is 12.6. The molecule has 0 saturated carbocycles. The van der Waals surface area contributed by atoms with Gasteiger partial charge in [-0.05, 0) is 62.1 Å². The number of thioether (sulfide) groups is 1. The third-order valence-electron chi connectivity index (χ3n) is 5.72. The Morgan fingerprint density at radius 1 is 1.06 bits per heavy atom. The Balaban J connectivity index is 1.72. The SMILES string of the molecule is CCn1c(SCC(=O)Nc2c(C)cccc2C)nnc1[C@@H](NC(=O)c1ccc(OC)cc1)C(C)C. The predicted octanol–water partition coefficient (Wildman–Crippen LogP) is 4.78. The van der Waals surface area contributed by atoms with Gasteiger partial charge >= 0.3 is 0 Å². The largest absolute Gasteiger partial charge is 0.497 e. The first kappa shape index (κ1) is 26.3.